The zero-order valence-corrected chi connectivity index (χ0v) is 17.4. The number of aliphatic hydroxyl groups excluding tert-OH is 1. The molecule has 1 heterocycles. The van der Waals surface area contributed by atoms with Crippen LogP contribution in [0.4, 0.5) is 0 Å². The lowest BCUT2D eigenvalue weighted by Crippen LogP contribution is -2.35. The summed E-state index contributed by atoms with van der Waals surface area (Å²) >= 11 is 0. The maximum atomic E-state index is 12.8. The molecule has 0 spiro atoms. The molecule has 2 atom stereocenters. The molecule has 0 saturated carbocycles. The van der Waals surface area contributed by atoms with E-state index in [1.807, 2.05) is 0 Å². The minimum Gasteiger partial charge on any atom is -0.503 e. The molecule has 6 heteroatoms. The topological polar surface area (TPSA) is 76.1 Å². The first-order valence-corrected chi connectivity index (χ1v) is 9.86. The Kier molecular flexibility index (Phi) is 7.49. The van der Waals surface area contributed by atoms with Gasteiger partial charge < -0.3 is 19.5 Å². The van der Waals surface area contributed by atoms with Gasteiger partial charge in [0.2, 0.25) is 0 Å². The van der Waals surface area contributed by atoms with Crippen molar-refractivity contribution >= 4 is 11.7 Å². The Morgan fingerprint density at radius 1 is 1.21 bits per heavy atom. The Morgan fingerprint density at radius 2 is 1.89 bits per heavy atom. The Hall–Kier alpha value is -2.50. The van der Waals surface area contributed by atoms with Gasteiger partial charge in [-0.3, -0.25) is 9.59 Å². The number of Topliss-reactive ketones (excluding diaryl/α,β-unsaturated/α-hetero) is 1. The van der Waals surface area contributed by atoms with Gasteiger partial charge in [0.1, 0.15) is 0 Å². The number of unbranched alkanes of at least 4 members (excludes halogenated alkanes) is 1. The van der Waals surface area contributed by atoms with Crippen molar-refractivity contribution in [3.8, 4) is 11.5 Å². The number of ether oxygens (including phenoxy) is 2. The van der Waals surface area contributed by atoms with Gasteiger partial charge in [0.15, 0.2) is 23.0 Å². The number of amides is 1. The van der Waals surface area contributed by atoms with Crippen LogP contribution >= 0.6 is 0 Å². The number of rotatable bonds is 10. The number of hydrogen-bond acceptors (Lipinski definition) is 5. The Bertz CT molecular complexity index is 755. The zero-order chi connectivity index (χ0) is 20.8. The maximum Gasteiger partial charge on any atom is 0.290 e. The van der Waals surface area contributed by atoms with Crippen molar-refractivity contribution in [2.24, 2.45) is 5.92 Å². The van der Waals surface area contributed by atoms with Crippen LogP contribution in [-0.4, -0.2) is 42.5 Å². The van der Waals surface area contributed by atoms with E-state index in [0.717, 1.165) is 25.7 Å². The average Bonchev–Trinajstić information content (AvgIpc) is 2.95. The standard InChI is InChI=1S/C22H31NO5/c1-6-8-9-15(7-2)13-23-20(19(14(3)24)21(25)22(23)26)16-10-11-17(27-4)18(12-16)28-5/h10-12,15,20,25H,6-9,13H2,1-5H3/t15-,20+/m1/s1. The van der Waals surface area contributed by atoms with Crippen molar-refractivity contribution in [1.82, 2.24) is 4.90 Å². The highest BCUT2D eigenvalue weighted by Crippen LogP contribution is 2.41. The van der Waals surface area contributed by atoms with E-state index >= 15 is 0 Å². The molecule has 154 valence electrons. The molecule has 0 radical (unpaired) electrons. The summed E-state index contributed by atoms with van der Waals surface area (Å²) in [5, 5.41) is 10.4. The van der Waals surface area contributed by atoms with Crippen LogP contribution in [-0.2, 0) is 9.59 Å². The van der Waals surface area contributed by atoms with Gasteiger partial charge >= 0.3 is 0 Å². The first-order valence-electron chi connectivity index (χ1n) is 9.86. The fourth-order valence-corrected chi connectivity index (χ4v) is 3.77. The second kappa shape index (κ2) is 9.62. The SMILES string of the molecule is CCCC[C@@H](CC)CN1C(=O)C(O)=C(C(C)=O)[C@@H]1c1ccc(OC)c(OC)c1. The van der Waals surface area contributed by atoms with E-state index in [4.69, 9.17) is 9.47 Å². The van der Waals surface area contributed by atoms with Gasteiger partial charge in [-0.25, -0.2) is 0 Å². The van der Waals surface area contributed by atoms with Gasteiger partial charge in [-0.1, -0.05) is 39.2 Å². The number of ketones is 1. The van der Waals surface area contributed by atoms with E-state index < -0.39 is 17.7 Å². The number of nitrogens with zero attached hydrogens (tertiary/aromatic N) is 1. The van der Waals surface area contributed by atoms with Crippen LogP contribution in [0.3, 0.4) is 0 Å². The molecule has 2 rings (SSSR count). The van der Waals surface area contributed by atoms with Gasteiger partial charge in [0.05, 0.1) is 25.8 Å². The Morgan fingerprint density at radius 3 is 2.43 bits per heavy atom. The van der Waals surface area contributed by atoms with Crippen molar-refractivity contribution in [3.05, 3.63) is 35.1 Å². The maximum absolute atomic E-state index is 12.8. The predicted octanol–water partition coefficient (Wildman–Crippen LogP) is 4.20. The molecule has 0 saturated heterocycles. The van der Waals surface area contributed by atoms with Crippen LogP contribution in [0.1, 0.15) is 58.1 Å². The number of hydrogen-bond donors (Lipinski definition) is 1. The largest absolute Gasteiger partial charge is 0.503 e. The molecule has 1 aromatic carbocycles. The van der Waals surface area contributed by atoms with Gasteiger partial charge in [0, 0.05) is 6.54 Å². The first kappa shape index (κ1) is 21.8. The van der Waals surface area contributed by atoms with Gasteiger partial charge in [-0.15, -0.1) is 0 Å². The van der Waals surface area contributed by atoms with Crippen molar-refractivity contribution in [2.45, 2.75) is 52.5 Å². The van der Waals surface area contributed by atoms with Crippen LogP contribution in [0.15, 0.2) is 29.5 Å². The van der Waals surface area contributed by atoms with E-state index in [2.05, 4.69) is 13.8 Å². The van der Waals surface area contributed by atoms with Crippen molar-refractivity contribution in [1.29, 1.82) is 0 Å². The third-order valence-corrected chi connectivity index (χ3v) is 5.40. The van der Waals surface area contributed by atoms with Crippen molar-refractivity contribution in [3.63, 3.8) is 0 Å². The summed E-state index contributed by atoms with van der Waals surface area (Å²) in [7, 11) is 3.09. The zero-order valence-electron chi connectivity index (χ0n) is 17.4. The number of aliphatic hydroxyl groups is 1. The molecule has 1 aliphatic rings. The molecule has 0 aromatic heterocycles. The fraction of sp³-hybridized carbons (Fsp3) is 0.545. The van der Waals surface area contributed by atoms with E-state index in [0.29, 0.717) is 29.5 Å². The molecule has 0 unspecified atom stereocenters. The number of carbonyl (C=O) groups is 2. The number of carbonyl (C=O) groups excluding carboxylic acids is 2. The Labute approximate surface area is 167 Å². The minimum absolute atomic E-state index is 0.141. The second-order valence-electron chi connectivity index (χ2n) is 7.21. The molecular formula is C22H31NO5. The lowest BCUT2D eigenvalue weighted by atomic mass is 9.94. The fourth-order valence-electron chi connectivity index (χ4n) is 3.77. The molecule has 1 aromatic rings. The summed E-state index contributed by atoms with van der Waals surface area (Å²) in [6, 6.07) is 4.69. The van der Waals surface area contributed by atoms with E-state index in [1.54, 1.807) is 30.2 Å². The molecule has 28 heavy (non-hydrogen) atoms. The van der Waals surface area contributed by atoms with Crippen molar-refractivity contribution in [2.75, 3.05) is 20.8 Å². The van der Waals surface area contributed by atoms with Gasteiger partial charge in [-0.05, 0) is 37.0 Å². The first-order chi connectivity index (χ1) is 13.4. The van der Waals surface area contributed by atoms with Crippen LogP contribution in [0.5, 0.6) is 11.5 Å². The molecule has 0 aliphatic carbocycles. The smallest absolute Gasteiger partial charge is 0.290 e. The van der Waals surface area contributed by atoms with Gasteiger partial charge in [0.25, 0.3) is 5.91 Å². The van der Waals surface area contributed by atoms with Crippen molar-refractivity contribution < 1.29 is 24.2 Å². The van der Waals surface area contributed by atoms with E-state index in [1.165, 1.54) is 14.0 Å². The molecular weight excluding hydrogens is 358 g/mol. The average molecular weight is 389 g/mol. The summed E-state index contributed by atoms with van der Waals surface area (Å²) in [4.78, 5) is 26.7. The van der Waals surface area contributed by atoms with Crippen LogP contribution in [0, 0.1) is 5.92 Å². The monoisotopic (exact) mass is 389 g/mol. The van der Waals surface area contributed by atoms with Crippen LogP contribution in [0.25, 0.3) is 0 Å². The summed E-state index contributed by atoms with van der Waals surface area (Å²) < 4.78 is 10.7. The molecule has 1 aliphatic heterocycles. The second-order valence-corrected chi connectivity index (χ2v) is 7.21. The lowest BCUT2D eigenvalue weighted by Gasteiger charge is -2.30. The highest BCUT2D eigenvalue weighted by Gasteiger charge is 2.43. The highest BCUT2D eigenvalue weighted by molar-refractivity contribution is 6.08. The summed E-state index contributed by atoms with van der Waals surface area (Å²) in [6.45, 7) is 6.12. The lowest BCUT2D eigenvalue weighted by molar-refractivity contribution is -0.130. The number of benzene rings is 1. The normalized spacial score (nSPS) is 17.8. The third-order valence-electron chi connectivity index (χ3n) is 5.40. The van der Waals surface area contributed by atoms with E-state index in [-0.39, 0.29) is 11.4 Å². The molecule has 1 amide bonds. The highest BCUT2D eigenvalue weighted by atomic mass is 16.5. The van der Waals surface area contributed by atoms with Gasteiger partial charge in [-0.2, -0.15) is 0 Å². The quantitative estimate of drug-likeness (QED) is 0.649. The van der Waals surface area contributed by atoms with Crippen LogP contribution < -0.4 is 9.47 Å². The summed E-state index contributed by atoms with van der Waals surface area (Å²) in [5.41, 5.74) is 0.855. The minimum atomic E-state index is -0.625. The summed E-state index contributed by atoms with van der Waals surface area (Å²) in [6.07, 6.45) is 4.11. The Balaban J connectivity index is 2.47. The molecule has 1 N–H and O–H groups in total. The third kappa shape index (κ3) is 4.32. The van der Waals surface area contributed by atoms with E-state index in [9.17, 15) is 14.7 Å². The number of methoxy groups -OCH3 is 2. The molecule has 0 bridgehead atoms. The molecule has 6 nitrogen and oxygen atoms in total. The molecule has 0 fully saturated rings. The summed E-state index contributed by atoms with van der Waals surface area (Å²) in [5.74, 6) is 0.145. The predicted molar refractivity (Wildman–Crippen MR) is 108 cm³/mol. The van der Waals surface area contributed by atoms with Crippen LogP contribution in [0.2, 0.25) is 0 Å².